The highest BCUT2D eigenvalue weighted by Gasteiger charge is 2.06. The number of methoxy groups -OCH3 is 1. The van der Waals surface area contributed by atoms with Gasteiger partial charge in [0.1, 0.15) is 0 Å². The van der Waals surface area contributed by atoms with Gasteiger partial charge in [0.25, 0.3) is 0 Å². The first kappa shape index (κ1) is 10.7. The highest BCUT2D eigenvalue weighted by molar-refractivity contribution is 5.87. The van der Waals surface area contributed by atoms with Crippen molar-refractivity contribution in [2.24, 2.45) is 0 Å². The Balaban J connectivity index is 3.70. The Morgan fingerprint density at radius 2 is 2.17 bits per heavy atom. The van der Waals surface area contributed by atoms with Crippen LogP contribution in [0, 0.1) is 0 Å². The summed E-state index contributed by atoms with van der Waals surface area (Å²) in [6.07, 6.45) is 1.42. The van der Waals surface area contributed by atoms with Gasteiger partial charge in [-0.15, -0.1) is 0 Å². The van der Waals surface area contributed by atoms with Gasteiger partial charge in [-0.1, -0.05) is 6.58 Å². The van der Waals surface area contributed by atoms with Gasteiger partial charge >= 0.3 is 5.97 Å². The molecule has 0 aromatic rings. The SMILES string of the molecule is C=CC(=O)N(C)CCC(=O)OC. The molecule has 0 rings (SSSR count). The smallest absolute Gasteiger partial charge is 0.307 e. The molecule has 0 N–H and O–H groups in total. The van der Waals surface area contributed by atoms with Gasteiger partial charge in [0.05, 0.1) is 13.5 Å². The van der Waals surface area contributed by atoms with Gasteiger partial charge in [0.2, 0.25) is 5.91 Å². The lowest BCUT2D eigenvalue weighted by molar-refractivity contribution is -0.141. The molecule has 0 aliphatic heterocycles. The van der Waals surface area contributed by atoms with Crippen molar-refractivity contribution >= 4 is 11.9 Å². The molecule has 0 unspecified atom stereocenters. The van der Waals surface area contributed by atoms with Gasteiger partial charge < -0.3 is 9.64 Å². The minimum atomic E-state index is -0.321. The fourth-order valence-electron chi connectivity index (χ4n) is 0.627. The molecule has 0 fully saturated rings. The van der Waals surface area contributed by atoms with Crippen LogP contribution in [0.1, 0.15) is 6.42 Å². The van der Waals surface area contributed by atoms with Crippen LogP contribution in [-0.2, 0) is 14.3 Å². The van der Waals surface area contributed by atoms with Crippen molar-refractivity contribution < 1.29 is 14.3 Å². The van der Waals surface area contributed by atoms with E-state index in [1.54, 1.807) is 7.05 Å². The van der Waals surface area contributed by atoms with Crippen LogP contribution in [0.25, 0.3) is 0 Å². The van der Waals surface area contributed by atoms with E-state index in [0.29, 0.717) is 6.54 Å². The van der Waals surface area contributed by atoms with Gasteiger partial charge in [-0.25, -0.2) is 0 Å². The Kier molecular flexibility index (Phi) is 4.76. The minimum Gasteiger partial charge on any atom is -0.469 e. The second-order valence-corrected chi connectivity index (χ2v) is 2.29. The summed E-state index contributed by atoms with van der Waals surface area (Å²) in [5.74, 6) is -0.516. The maximum absolute atomic E-state index is 10.9. The van der Waals surface area contributed by atoms with Gasteiger partial charge in [0, 0.05) is 13.6 Å². The van der Waals surface area contributed by atoms with E-state index in [1.165, 1.54) is 18.1 Å². The Morgan fingerprint density at radius 3 is 2.58 bits per heavy atom. The Hall–Kier alpha value is -1.32. The van der Waals surface area contributed by atoms with Crippen LogP contribution in [0.3, 0.4) is 0 Å². The number of nitrogens with zero attached hydrogens (tertiary/aromatic N) is 1. The molecular weight excluding hydrogens is 158 g/mol. The second kappa shape index (κ2) is 5.35. The Morgan fingerprint density at radius 1 is 1.58 bits per heavy atom. The maximum atomic E-state index is 10.9. The summed E-state index contributed by atoms with van der Waals surface area (Å²) < 4.78 is 4.41. The average molecular weight is 171 g/mol. The molecule has 0 radical (unpaired) electrons. The zero-order chi connectivity index (χ0) is 9.56. The Bertz CT molecular complexity index is 189. The van der Waals surface area contributed by atoms with Gasteiger partial charge in [-0.2, -0.15) is 0 Å². The number of likely N-dealkylation sites (N-methyl/N-ethyl adjacent to an activating group) is 1. The fraction of sp³-hybridized carbons (Fsp3) is 0.500. The van der Waals surface area contributed by atoms with Crippen LogP contribution in [0.4, 0.5) is 0 Å². The number of ether oxygens (including phenoxy) is 1. The summed E-state index contributed by atoms with van der Waals surface area (Å²) in [5, 5.41) is 0. The van der Waals surface area contributed by atoms with Gasteiger partial charge in [0.15, 0.2) is 0 Å². The molecule has 4 heteroatoms. The number of hydrogen-bond acceptors (Lipinski definition) is 3. The van der Waals surface area contributed by atoms with Crippen molar-refractivity contribution in [1.82, 2.24) is 4.90 Å². The lowest BCUT2D eigenvalue weighted by Gasteiger charge is -2.13. The molecule has 12 heavy (non-hydrogen) atoms. The quantitative estimate of drug-likeness (QED) is 0.448. The zero-order valence-electron chi connectivity index (χ0n) is 7.37. The van der Waals surface area contributed by atoms with Crippen molar-refractivity contribution in [3.05, 3.63) is 12.7 Å². The van der Waals surface area contributed by atoms with Crippen LogP contribution in [0.5, 0.6) is 0 Å². The highest BCUT2D eigenvalue weighted by Crippen LogP contribution is 1.91. The molecule has 0 aromatic carbocycles. The summed E-state index contributed by atoms with van der Waals surface area (Å²) in [7, 11) is 2.92. The number of hydrogen-bond donors (Lipinski definition) is 0. The van der Waals surface area contributed by atoms with Crippen molar-refractivity contribution in [2.45, 2.75) is 6.42 Å². The van der Waals surface area contributed by atoms with Crippen LogP contribution >= 0.6 is 0 Å². The third-order valence-electron chi connectivity index (χ3n) is 1.43. The monoisotopic (exact) mass is 171 g/mol. The van der Waals surface area contributed by atoms with E-state index in [2.05, 4.69) is 11.3 Å². The van der Waals surface area contributed by atoms with Gasteiger partial charge in [-0.3, -0.25) is 9.59 Å². The van der Waals surface area contributed by atoms with Crippen molar-refractivity contribution in [3.8, 4) is 0 Å². The predicted molar refractivity (Wildman–Crippen MR) is 44.5 cm³/mol. The summed E-state index contributed by atoms with van der Waals surface area (Å²) in [6.45, 7) is 3.68. The summed E-state index contributed by atoms with van der Waals surface area (Å²) in [4.78, 5) is 22.9. The van der Waals surface area contributed by atoms with E-state index in [4.69, 9.17) is 0 Å². The first-order chi connectivity index (χ1) is 5.61. The molecule has 0 heterocycles. The number of amides is 1. The summed E-state index contributed by atoms with van der Waals surface area (Å²) >= 11 is 0. The van der Waals surface area contributed by atoms with Crippen LogP contribution in [0.2, 0.25) is 0 Å². The van der Waals surface area contributed by atoms with Crippen LogP contribution < -0.4 is 0 Å². The Labute approximate surface area is 71.8 Å². The topological polar surface area (TPSA) is 46.6 Å². The molecule has 4 nitrogen and oxygen atoms in total. The van der Waals surface area contributed by atoms with Crippen LogP contribution in [-0.4, -0.2) is 37.5 Å². The number of rotatable bonds is 4. The standard InChI is InChI=1S/C8H13NO3/c1-4-7(10)9(2)6-5-8(11)12-3/h4H,1,5-6H2,2-3H3. The molecule has 0 aromatic heterocycles. The third kappa shape index (κ3) is 3.75. The van der Waals surface area contributed by atoms with E-state index in [0.717, 1.165) is 0 Å². The molecule has 1 amide bonds. The minimum absolute atomic E-state index is 0.195. The molecule has 0 spiro atoms. The number of carbonyl (C=O) groups excluding carboxylic acids is 2. The highest BCUT2D eigenvalue weighted by atomic mass is 16.5. The predicted octanol–water partition coefficient (Wildman–Crippen LogP) is 0.194. The van der Waals surface area contributed by atoms with E-state index in [-0.39, 0.29) is 18.3 Å². The van der Waals surface area contributed by atoms with Crippen molar-refractivity contribution in [1.29, 1.82) is 0 Å². The molecule has 0 aliphatic carbocycles. The molecule has 0 bridgehead atoms. The first-order valence-electron chi connectivity index (χ1n) is 3.56. The molecule has 0 aliphatic rings. The summed E-state index contributed by atoms with van der Waals surface area (Å²) in [5.41, 5.74) is 0. The third-order valence-corrected chi connectivity index (χ3v) is 1.43. The van der Waals surface area contributed by atoms with E-state index in [1.807, 2.05) is 0 Å². The molecule has 68 valence electrons. The molecule has 0 saturated heterocycles. The van der Waals surface area contributed by atoms with Crippen molar-refractivity contribution in [2.75, 3.05) is 20.7 Å². The number of esters is 1. The second-order valence-electron chi connectivity index (χ2n) is 2.29. The molecule has 0 atom stereocenters. The molecular formula is C8H13NO3. The number of carbonyl (C=O) groups is 2. The van der Waals surface area contributed by atoms with E-state index < -0.39 is 0 Å². The first-order valence-corrected chi connectivity index (χ1v) is 3.56. The largest absolute Gasteiger partial charge is 0.469 e. The maximum Gasteiger partial charge on any atom is 0.307 e. The lowest BCUT2D eigenvalue weighted by atomic mass is 10.4. The summed E-state index contributed by atoms with van der Waals surface area (Å²) in [6, 6.07) is 0. The fourth-order valence-corrected chi connectivity index (χ4v) is 0.627. The van der Waals surface area contributed by atoms with E-state index >= 15 is 0 Å². The van der Waals surface area contributed by atoms with Gasteiger partial charge in [-0.05, 0) is 6.08 Å². The normalized spacial score (nSPS) is 8.83. The molecule has 0 saturated carbocycles. The average Bonchev–Trinajstić information content (AvgIpc) is 2.11. The zero-order valence-corrected chi connectivity index (χ0v) is 7.37. The van der Waals surface area contributed by atoms with Crippen molar-refractivity contribution in [3.63, 3.8) is 0 Å². The van der Waals surface area contributed by atoms with E-state index in [9.17, 15) is 9.59 Å². The lowest BCUT2D eigenvalue weighted by Crippen LogP contribution is -2.27. The van der Waals surface area contributed by atoms with Crippen LogP contribution in [0.15, 0.2) is 12.7 Å².